The molecule has 1 heterocycles. The first-order valence-electron chi connectivity index (χ1n) is 7.69. The average Bonchev–Trinajstić information content (AvgIpc) is 2.41. The average molecular weight is 259 g/mol. The Morgan fingerprint density at radius 3 is 2.63 bits per heavy atom. The Balaban J connectivity index is 1.79. The fourth-order valence-corrected chi connectivity index (χ4v) is 3.47. The van der Waals surface area contributed by atoms with Crippen LogP contribution in [0.1, 0.15) is 42.4 Å². The van der Waals surface area contributed by atoms with Crippen LogP contribution in [0.5, 0.6) is 0 Å². The number of fused-ring (bicyclic) bond motifs is 1. The van der Waals surface area contributed by atoms with Crippen LogP contribution in [0.3, 0.4) is 0 Å². The predicted molar refractivity (Wildman–Crippen MR) is 78.7 cm³/mol. The maximum atomic E-state index is 5.55. The molecule has 1 N–H and O–H groups in total. The van der Waals surface area contributed by atoms with Crippen molar-refractivity contribution in [3.05, 3.63) is 34.9 Å². The summed E-state index contributed by atoms with van der Waals surface area (Å²) in [5, 5.41) is 3.25. The first-order chi connectivity index (χ1) is 9.34. The van der Waals surface area contributed by atoms with Gasteiger partial charge in [-0.05, 0) is 68.8 Å². The summed E-state index contributed by atoms with van der Waals surface area (Å²) in [6, 6.07) is 7.23. The molecule has 2 aliphatic rings. The number of hydrogen-bond donors (Lipinski definition) is 1. The number of hydrogen-bond acceptors (Lipinski definition) is 2. The van der Waals surface area contributed by atoms with E-state index in [-0.39, 0.29) is 0 Å². The molecule has 1 aliphatic carbocycles. The molecule has 0 spiro atoms. The van der Waals surface area contributed by atoms with Crippen LogP contribution in [0.4, 0.5) is 0 Å². The molecule has 1 aromatic rings. The van der Waals surface area contributed by atoms with Crippen molar-refractivity contribution in [3.63, 3.8) is 0 Å². The highest BCUT2D eigenvalue weighted by molar-refractivity contribution is 5.38. The molecule has 1 fully saturated rings. The van der Waals surface area contributed by atoms with Crippen LogP contribution in [0, 0.1) is 0 Å². The number of aryl methyl sites for hydroxylation is 2. The molecule has 0 bridgehead atoms. The third kappa shape index (κ3) is 2.56. The lowest BCUT2D eigenvalue weighted by Crippen LogP contribution is -2.47. The molecule has 1 aromatic carbocycles. The summed E-state index contributed by atoms with van der Waals surface area (Å²) >= 11 is 0. The summed E-state index contributed by atoms with van der Waals surface area (Å²) in [4.78, 5) is 0. The number of rotatable bonds is 5. The van der Waals surface area contributed by atoms with E-state index >= 15 is 0 Å². The van der Waals surface area contributed by atoms with E-state index in [0.717, 1.165) is 19.8 Å². The van der Waals surface area contributed by atoms with Gasteiger partial charge < -0.3 is 10.1 Å². The summed E-state index contributed by atoms with van der Waals surface area (Å²) < 4.78 is 5.55. The van der Waals surface area contributed by atoms with Gasteiger partial charge in [-0.25, -0.2) is 0 Å². The Labute approximate surface area is 116 Å². The van der Waals surface area contributed by atoms with E-state index in [1.54, 1.807) is 11.1 Å². The lowest BCUT2D eigenvalue weighted by Gasteiger charge is -2.42. The zero-order valence-electron chi connectivity index (χ0n) is 12.0. The Morgan fingerprint density at radius 1 is 1.16 bits per heavy atom. The van der Waals surface area contributed by atoms with E-state index in [2.05, 4.69) is 23.5 Å². The second-order valence-corrected chi connectivity index (χ2v) is 6.17. The monoisotopic (exact) mass is 259 g/mol. The number of ether oxygens (including phenoxy) is 1. The zero-order chi connectivity index (χ0) is 13.1. The van der Waals surface area contributed by atoms with Gasteiger partial charge >= 0.3 is 0 Å². The Morgan fingerprint density at radius 2 is 1.95 bits per heavy atom. The van der Waals surface area contributed by atoms with Gasteiger partial charge in [-0.15, -0.1) is 0 Å². The van der Waals surface area contributed by atoms with Gasteiger partial charge in [0.15, 0.2) is 0 Å². The molecule has 104 valence electrons. The molecule has 0 saturated carbocycles. The van der Waals surface area contributed by atoms with Crippen molar-refractivity contribution in [2.45, 2.75) is 43.9 Å². The van der Waals surface area contributed by atoms with Gasteiger partial charge in [0.05, 0.1) is 13.2 Å². The van der Waals surface area contributed by atoms with Crippen LogP contribution in [-0.2, 0) is 23.0 Å². The third-order valence-electron chi connectivity index (χ3n) is 4.80. The number of benzene rings is 1. The van der Waals surface area contributed by atoms with Crippen LogP contribution in [0.2, 0.25) is 0 Å². The molecule has 0 unspecified atom stereocenters. The molecule has 0 atom stereocenters. The molecule has 1 saturated heterocycles. The first-order valence-corrected chi connectivity index (χ1v) is 7.69. The third-order valence-corrected chi connectivity index (χ3v) is 4.80. The Bertz CT molecular complexity index is 437. The molecular formula is C17H25NO. The molecule has 3 rings (SSSR count). The van der Waals surface area contributed by atoms with Gasteiger partial charge in [0, 0.05) is 5.41 Å². The van der Waals surface area contributed by atoms with Crippen LogP contribution in [0.15, 0.2) is 18.2 Å². The largest absolute Gasteiger partial charge is 0.379 e. The van der Waals surface area contributed by atoms with E-state index < -0.39 is 0 Å². The fraction of sp³-hybridized carbons (Fsp3) is 0.647. The van der Waals surface area contributed by atoms with Crippen LogP contribution < -0.4 is 5.32 Å². The standard InChI is InChI=1S/C17H25NO/c1-18-10-4-9-17(12-19-13-17)16-8-7-14-5-2-3-6-15(14)11-16/h7-8,11,18H,2-6,9-10,12-13H2,1H3. The molecule has 0 amide bonds. The van der Waals surface area contributed by atoms with Crippen molar-refractivity contribution in [1.29, 1.82) is 0 Å². The van der Waals surface area contributed by atoms with Crippen molar-refractivity contribution in [2.75, 3.05) is 26.8 Å². The van der Waals surface area contributed by atoms with Gasteiger partial charge in [0.25, 0.3) is 0 Å². The highest BCUT2D eigenvalue weighted by Crippen LogP contribution is 2.38. The van der Waals surface area contributed by atoms with E-state index in [1.165, 1.54) is 44.1 Å². The maximum absolute atomic E-state index is 5.55. The minimum absolute atomic E-state index is 0.309. The molecule has 2 nitrogen and oxygen atoms in total. The lowest BCUT2D eigenvalue weighted by molar-refractivity contribution is -0.0651. The quantitative estimate of drug-likeness (QED) is 0.821. The van der Waals surface area contributed by atoms with Crippen molar-refractivity contribution >= 4 is 0 Å². The smallest absolute Gasteiger partial charge is 0.0585 e. The van der Waals surface area contributed by atoms with Crippen LogP contribution in [-0.4, -0.2) is 26.8 Å². The highest BCUT2D eigenvalue weighted by Gasteiger charge is 2.39. The van der Waals surface area contributed by atoms with E-state index in [0.29, 0.717) is 5.41 Å². The van der Waals surface area contributed by atoms with Crippen molar-refractivity contribution in [3.8, 4) is 0 Å². The fourth-order valence-electron chi connectivity index (χ4n) is 3.47. The SMILES string of the molecule is CNCCCC1(c2ccc3c(c2)CCCC3)COC1. The Kier molecular flexibility index (Phi) is 3.90. The zero-order valence-corrected chi connectivity index (χ0v) is 12.0. The van der Waals surface area contributed by atoms with Crippen molar-refractivity contribution in [1.82, 2.24) is 5.32 Å². The van der Waals surface area contributed by atoms with Gasteiger partial charge in [-0.3, -0.25) is 0 Å². The van der Waals surface area contributed by atoms with Gasteiger partial charge in [0.1, 0.15) is 0 Å². The minimum atomic E-state index is 0.309. The molecule has 19 heavy (non-hydrogen) atoms. The van der Waals surface area contributed by atoms with E-state index in [9.17, 15) is 0 Å². The first kappa shape index (κ1) is 13.1. The molecule has 0 radical (unpaired) electrons. The molecule has 0 aromatic heterocycles. The topological polar surface area (TPSA) is 21.3 Å². The normalized spacial score (nSPS) is 20.7. The Hall–Kier alpha value is -0.860. The summed E-state index contributed by atoms with van der Waals surface area (Å²) in [5.41, 5.74) is 5.02. The van der Waals surface area contributed by atoms with Gasteiger partial charge in [-0.2, -0.15) is 0 Å². The van der Waals surface area contributed by atoms with Gasteiger partial charge in [-0.1, -0.05) is 18.2 Å². The second kappa shape index (κ2) is 5.64. The van der Waals surface area contributed by atoms with E-state index in [1.807, 2.05) is 7.05 Å². The van der Waals surface area contributed by atoms with E-state index in [4.69, 9.17) is 4.74 Å². The summed E-state index contributed by atoms with van der Waals surface area (Å²) in [6.07, 6.45) is 7.75. The number of nitrogens with one attached hydrogen (secondary N) is 1. The van der Waals surface area contributed by atoms with Crippen LogP contribution >= 0.6 is 0 Å². The van der Waals surface area contributed by atoms with Gasteiger partial charge in [0.2, 0.25) is 0 Å². The maximum Gasteiger partial charge on any atom is 0.0585 e. The highest BCUT2D eigenvalue weighted by atomic mass is 16.5. The molecule has 1 aliphatic heterocycles. The van der Waals surface area contributed by atoms with Crippen LogP contribution in [0.25, 0.3) is 0 Å². The minimum Gasteiger partial charge on any atom is -0.379 e. The molecular weight excluding hydrogens is 234 g/mol. The predicted octanol–water partition coefficient (Wildman–Crippen LogP) is 2.83. The summed E-state index contributed by atoms with van der Waals surface area (Å²) in [6.45, 7) is 2.93. The summed E-state index contributed by atoms with van der Waals surface area (Å²) in [5.74, 6) is 0. The molecule has 2 heteroatoms. The van der Waals surface area contributed by atoms with Crippen molar-refractivity contribution in [2.24, 2.45) is 0 Å². The summed E-state index contributed by atoms with van der Waals surface area (Å²) in [7, 11) is 2.03. The lowest BCUT2D eigenvalue weighted by atomic mass is 9.73. The van der Waals surface area contributed by atoms with Crippen molar-refractivity contribution < 1.29 is 4.74 Å². The second-order valence-electron chi connectivity index (χ2n) is 6.17.